The van der Waals surface area contributed by atoms with Crippen LogP contribution in [0.15, 0.2) is 18.2 Å². The van der Waals surface area contributed by atoms with Crippen molar-refractivity contribution < 1.29 is 9.18 Å². The Bertz CT molecular complexity index is 477. The van der Waals surface area contributed by atoms with Crippen molar-refractivity contribution >= 4 is 11.6 Å². The number of rotatable bonds is 4. The SMILES string of the molecule is N#Cc1ccc(NCC(=O)NC2CC2)c(F)c1. The largest absolute Gasteiger partial charge is 0.374 e. The van der Waals surface area contributed by atoms with Gasteiger partial charge in [0.05, 0.1) is 23.9 Å². The molecule has 1 aliphatic rings. The molecule has 1 aromatic rings. The predicted octanol–water partition coefficient (Wildman–Crippen LogP) is 1.39. The molecule has 1 fully saturated rings. The summed E-state index contributed by atoms with van der Waals surface area (Å²) in [5.74, 6) is -0.667. The van der Waals surface area contributed by atoms with E-state index in [2.05, 4.69) is 10.6 Å². The van der Waals surface area contributed by atoms with Gasteiger partial charge in [-0.3, -0.25) is 4.79 Å². The maximum Gasteiger partial charge on any atom is 0.239 e. The van der Waals surface area contributed by atoms with Crippen molar-refractivity contribution in [2.24, 2.45) is 0 Å². The molecule has 0 heterocycles. The van der Waals surface area contributed by atoms with E-state index in [0.29, 0.717) is 6.04 Å². The average molecular weight is 233 g/mol. The molecule has 1 amide bonds. The van der Waals surface area contributed by atoms with Crippen molar-refractivity contribution in [3.8, 4) is 6.07 Å². The molecule has 0 aliphatic heterocycles. The van der Waals surface area contributed by atoms with Gasteiger partial charge in [0.15, 0.2) is 0 Å². The number of nitrogens with one attached hydrogen (secondary N) is 2. The van der Waals surface area contributed by atoms with Gasteiger partial charge in [-0.05, 0) is 31.0 Å². The highest BCUT2D eigenvalue weighted by molar-refractivity contribution is 5.81. The molecular weight excluding hydrogens is 221 g/mol. The fraction of sp³-hybridized carbons (Fsp3) is 0.333. The van der Waals surface area contributed by atoms with Crippen molar-refractivity contribution in [3.05, 3.63) is 29.6 Å². The van der Waals surface area contributed by atoms with Gasteiger partial charge in [-0.15, -0.1) is 0 Å². The molecule has 4 nitrogen and oxygen atoms in total. The lowest BCUT2D eigenvalue weighted by atomic mass is 10.2. The topological polar surface area (TPSA) is 64.9 Å². The molecule has 0 atom stereocenters. The molecule has 88 valence electrons. The van der Waals surface area contributed by atoms with E-state index in [1.807, 2.05) is 6.07 Å². The first-order valence-corrected chi connectivity index (χ1v) is 5.42. The summed E-state index contributed by atoms with van der Waals surface area (Å²) in [7, 11) is 0. The van der Waals surface area contributed by atoms with Crippen LogP contribution in [0.3, 0.4) is 0 Å². The van der Waals surface area contributed by atoms with E-state index in [-0.39, 0.29) is 23.7 Å². The summed E-state index contributed by atoms with van der Waals surface area (Å²) in [6.07, 6.45) is 2.05. The Kier molecular flexibility index (Phi) is 3.24. The first-order valence-electron chi connectivity index (χ1n) is 5.42. The van der Waals surface area contributed by atoms with Crippen LogP contribution in [-0.2, 0) is 4.79 Å². The van der Waals surface area contributed by atoms with Crippen molar-refractivity contribution in [1.82, 2.24) is 5.32 Å². The number of benzene rings is 1. The van der Waals surface area contributed by atoms with E-state index in [9.17, 15) is 9.18 Å². The van der Waals surface area contributed by atoms with Crippen molar-refractivity contribution in [1.29, 1.82) is 5.26 Å². The number of hydrogen-bond donors (Lipinski definition) is 2. The van der Waals surface area contributed by atoms with Crippen LogP contribution in [0.4, 0.5) is 10.1 Å². The second-order valence-electron chi connectivity index (χ2n) is 4.00. The number of carbonyl (C=O) groups excluding carboxylic acids is 1. The molecule has 0 saturated heterocycles. The van der Waals surface area contributed by atoms with Gasteiger partial charge in [0.25, 0.3) is 0 Å². The molecule has 0 aromatic heterocycles. The van der Waals surface area contributed by atoms with Crippen LogP contribution >= 0.6 is 0 Å². The molecule has 0 bridgehead atoms. The molecule has 2 N–H and O–H groups in total. The first kappa shape index (κ1) is 11.4. The summed E-state index contributed by atoms with van der Waals surface area (Å²) in [5, 5.41) is 14.1. The Labute approximate surface area is 98.4 Å². The lowest BCUT2D eigenvalue weighted by Gasteiger charge is -2.07. The molecule has 1 aliphatic carbocycles. The quantitative estimate of drug-likeness (QED) is 0.825. The van der Waals surface area contributed by atoms with Gasteiger partial charge >= 0.3 is 0 Å². The van der Waals surface area contributed by atoms with Crippen LogP contribution in [0, 0.1) is 17.1 Å². The third-order valence-corrected chi connectivity index (χ3v) is 2.48. The minimum absolute atomic E-state index is 0.0410. The normalized spacial score (nSPS) is 13.9. The van der Waals surface area contributed by atoms with E-state index in [4.69, 9.17) is 5.26 Å². The minimum Gasteiger partial charge on any atom is -0.374 e. The zero-order valence-electron chi connectivity index (χ0n) is 9.16. The maximum atomic E-state index is 13.4. The van der Waals surface area contributed by atoms with Crippen LogP contribution in [0.1, 0.15) is 18.4 Å². The van der Waals surface area contributed by atoms with E-state index in [1.165, 1.54) is 12.1 Å². The van der Waals surface area contributed by atoms with Gasteiger partial charge in [-0.25, -0.2) is 4.39 Å². The summed E-state index contributed by atoms with van der Waals surface area (Å²) in [6, 6.07) is 6.25. The monoisotopic (exact) mass is 233 g/mol. The zero-order chi connectivity index (χ0) is 12.3. The molecule has 0 unspecified atom stereocenters. The molecule has 1 saturated carbocycles. The van der Waals surface area contributed by atoms with Crippen molar-refractivity contribution in [3.63, 3.8) is 0 Å². The number of hydrogen-bond acceptors (Lipinski definition) is 3. The summed E-state index contributed by atoms with van der Waals surface area (Å²) in [4.78, 5) is 11.4. The summed E-state index contributed by atoms with van der Waals surface area (Å²) in [5.41, 5.74) is 0.491. The molecule has 0 radical (unpaired) electrons. The third-order valence-electron chi connectivity index (χ3n) is 2.48. The second kappa shape index (κ2) is 4.83. The number of halogens is 1. The number of nitriles is 1. The van der Waals surface area contributed by atoms with E-state index >= 15 is 0 Å². The Hall–Kier alpha value is -2.09. The number of nitrogens with zero attached hydrogens (tertiary/aromatic N) is 1. The van der Waals surface area contributed by atoms with Crippen molar-refractivity contribution in [2.75, 3.05) is 11.9 Å². The first-order chi connectivity index (χ1) is 8.19. The highest BCUT2D eigenvalue weighted by Gasteiger charge is 2.22. The summed E-state index contributed by atoms with van der Waals surface area (Å²) in [6.45, 7) is 0.0410. The lowest BCUT2D eigenvalue weighted by molar-refractivity contribution is -0.119. The minimum atomic E-state index is -0.525. The van der Waals surface area contributed by atoms with Crippen LogP contribution in [0.2, 0.25) is 0 Å². The number of carbonyl (C=O) groups is 1. The van der Waals surface area contributed by atoms with Crippen LogP contribution < -0.4 is 10.6 Å². The van der Waals surface area contributed by atoms with Crippen LogP contribution in [-0.4, -0.2) is 18.5 Å². The Morgan fingerprint density at radius 1 is 1.53 bits per heavy atom. The fourth-order valence-corrected chi connectivity index (χ4v) is 1.41. The Morgan fingerprint density at radius 2 is 2.29 bits per heavy atom. The van der Waals surface area contributed by atoms with Gasteiger partial charge < -0.3 is 10.6 Å². The van der Waals surface area contributed by atoms with E-state index < -0.39 is 5.82 Å². The molecular formula is C12H12FN3O. The average Bonchev–Trinajstić information content (AvgIpc) is 3.11. The van der Waals surface area contributed by atoms with E-state index in [1.54, 1.807) is 0 Å². The van der Waals surface area contributed by atoms with Gasteiger partial charge in [0, 0.05) is 6.04 Å². The predicted molar refractivity (Wildman–Crippen MR) is 60.8 cm³/mol. The third kappa shape index (κ3) is 3.18. The van der Waals surface area contributed by atoms with E-state index in [0.717, 1.165) is 18.9 Å². The molecule has 1 aromatic carbocycles. The summed E-state index contributed by atoms with van der Waals surface area (Å²) < 4.78 is 13.4. The zero-order valence-corrected chi connectivity index (χ0v) is 9.16. The highest BCUT2D eigenvalue weighted by Crippen LogP contribution is 2.18. The van der Waals surface area contributed by atoms with Gasteiger partial charge in [0.1, 0.15) is 5.82 Å². The number of amides is 1. The van der Waals surface area contributed by atoms with Gasteiger partial charge in [0.2, 0.25) is 5.91 Å². The Balaban J connectivity index is 1.89. The van der Waals surface area contributed by atoms with Crippen LogP contribution in [0.5, 0.6) is 0 Å². The lowest BCUT2D eigenvalue weighted by Crippen LogP contribution is -2.31. The van der Waals surface area contributed by atoms with Gasteiger partial charge in [-0.1, -0.05) is 0 Å². The van der Waals surface area contributed by atoms with Gasteiger partial charge in [-0.2, -0.15) is 5.26 Å². The smallest absolute Gasteiger partial charge is 0.239 e. The number of anilines is 1. The second-order valence-corrected chi connectivity index (χ2v) is 4.00. The highest BCUT2D eigenvalue weighted by atomic mass is 19.1. The molecule has 5 heteroatoms. The maximum absolute atomic E-state index is 13.4. The molecule has 2 rings (SSSR count). The Morgan fingerprint density at radius 3 is 2.88 bits per heavy atom. The van der Waals surface area contributed by atoms with Crippen LogP contribution in [0.25, 0.3) is 0 Å². The molecule has 17 heavy (non-hydrogen) atoms. The standard InChI is InChI=1S/C12H12FN3O/c13-10-5-8(6-14)1-4-11(10)15-7-12(17)16-9-2-3-9/h1,4-5,9,15H,2-3,7H2,(H,16,17). The molecule has 0 spiro atoms. The van der Waals surface area contributed by atoms with Crippen molar-refractivity contribution in [2.45, 2.75) is 18.9 Å². The summed E-state index contributed by atoms with van der Waals surface area (Å²) >= 11 is 0. The fourth-order valence-electron chi connectivity index (χ4n) is 1.41.